The molecular weight excluding hydrogens is 397 g/mol. The molecule has 1 aliphatic heterocycles. The largest absolute Gasteiger partial charge is 0.444 e. The summed E-state index contributed by atoms with van der Waals surface area (Å²) < 4.78 is 46.2. The molecule has 1 aromatic heterocycles. The number of primary amides is 1. The van der Waals surface area contributed by atoms with Crippen LogP contribution in [0.15, 0.2) is 30.5 Å². The first-order valence-electron chi connectivity index (χ1n) is 9.58. The van der Waals surface area contributed by atoms with E-state index in [1.807, 2.05) is 0 Å². The van der Waals surface area contributed by atoms with Gasteiger partial charge >= 0.3 is 12.3 Å². The Morgan fingerprint density at radius 1 is 1.33 bits per heavy atom. The second-order valence-electron chi connectivity index (χ2n) is 8.27. The molecule has 2 N–H and O–H groups in total. The van der Waals surface area contributed by atoms with E-state index in [9.17, 15) is 23.2 Å². The molecule has 1 aliphatic rings. The van der Waals surface area contributed by atoms with Crippen molar-refractivity contribution in [2.75, 3.05) is 18.0 Å². The van der Waals surface area contributed by atoms with Crippen LogP contribution >= 0.6 is 0 Å². The highest BCUT2D eigenvalue weighted by Crippen LogP contribution is 2.41. The number of fused-ring (bicyclic) bond motifs is 1. The highest BCUT2D eigenvalue weighted by molar-refractivity contribution is 5.95. The molecule has 0 saturated carbocycles. The standard InChI is InChI=1S/C21H23F3N4O2/c1-20(2,30-19(26)29)9-13-8-15(21(22,23)24)12-28(11-13)17-6-5-14(10-25)18-16(17)4-3-7-27-18/h3-7,13,15H,8-9,11-12H2,1-2H3,(H2,26,29). The van der Waals surface area contributed by atoms with Crippen LogP contribution in [0.1, 0.15) is 32.3 Å². The van der Waals surface area contributed by atoms with Crippen molar-refractivity contribution < 1.29 is 22.7 Å². The van der Waals surface area contributed by atoms with Gasteiger partial charge in [-0.05, 0) is 56.9 Å². The Morgan fingerprint density at radius 2 is 2.07 bits per heavy atom. The maximum Gasteiger partial charge on any atom is 0.405 e. The van der Waals surface area contributed by atoms with E-state index in [1.165, 1.54) is 0 Å². The minimum Gasteiger partial charge on any atom is -0.444 e. The number of anilines is 1. The molecule has 2 aromatic rings. The SMILES string of the molecule is CC(C)(CC1CC(C(F)(F)F)CN(c2ccc(C#N)c3ncccc23)C1)OC(N)=O. The van der Waals surface area contributed by atoms with Gasteiger partial charge in [0.15, 0.2) is 0 Å². The number of pyridine rings is 1. The van der Waals surface area contributed by atoms with Gasteiger partial charge in [0.05, 0.1) is 17.0 Å². The molecule has 1 amide bonds. The highest BCUT2D eigenvalue weighted by atomic mass is 19.4. The lowest BCUT2D eigenvalue weighted by atomic mass is 9.82. The number of alkyl halides is 3. The number of rotatable bonds is 4. The van der Waals surface area contributed by atoms with Gasteiger partial charge in [-0.2, -0.15) is 18.4 Å². The van der Waals surface area contributed by atoms with Crippen LogP contribution in [0.25, 0.3) is 10.9 Å². The predicted molar refractivity (Wildman–Crippen MR) is 106 cm³/mol. The fraction of sp³-hybridized carbons (Fsp3) is 0.476. The molecule has 160 valence electrons. The number of aromatic nitrogens is 1. The fourth-order valence-corrected chi connectivity index (χ4v) is 4.32. The van der Waals surface area contributed by atoms with Gasteiger partial charge in [-0.3, -0.25) is 4.98 Å². The van der Waals surface area contributed by atoms with E-state index < -0.39 is 23.8 Å². The lowest BCUT2D eigenvalue weighted by Crippen LogP contribution is -2.48. The van der Waals surface area contributed by atoms with E-state index in [4.69, 9.17) is 10.5 Å². The summed E-state index contributed by atoms with van der Waals surface area (Å²) in [5, 5.41) is 9.95. The Balaban J connectivity index is 1.97. The molecule has 30 heavy (non-hydrogen) atoms. The monoisotopic (exact) mass is 420 g/mol. The number of benzene rings is 1. The predicted octanol–water partition coefficient (Wildman–Crippen LogP) is 4.38. The van der Waals surface area contributed by atoms with Gasteiger partial charge in [0.2, 0.25) is 0 Å². The van der Waals surface area contributed by atoms with E-state index >= 15 is 0 Å². The first kappa shape index (κ1) is 21.7. The number of carbonyl (C=O) groups is 1. The number of carbonyl (C=O) groups excluding carboxylic acids is 1. The van der Waals surface area contributed by atoms with E-state index in [2.05, 4.69) is 11.1 Å². The van der Waals surface area contributed by atoms with Gasteiger partial charge in [0.1, 0.15) is 11.7 Å². The number of ether oxygens (including phenoxy) is 1. The third-order valence-electron chi connectivity index (χ3n) is 5.37. The van der Waals surface area contributed by atoms with Crippen LogP contribution in [-0.4, -0.2) is 35.9 Å². The topological polar surface area (TPSA) is 92.2 Å². The van der Waals surface area contributed by atoms with Crippen LogP contribution in [0.4, 0.5) is 23.7 Å². The summed E-state index contributed by atoms with van der Waals surface area (Å²) >= 11 is 0. The van der Waals surface area contributed by atoms with Gasteiger partial charge < -0.3 is 15.4 Å². The third-order valence-corrected chi connectivity index (χ3v) is 5.37. The smallest absolute Gasteiger partial charge is 0.405 e. The highest BCUT2D eigenvalue weighted by Gasteiger charge is 2.45. The van der Waals surface area contributed by atoms with Crippen LogP contribution in [0.2, 0.25) is 0 Å². The second kappa shape index (κ2) is 8.01. The first-order chi connectivity index (χ1) is 14.0. The molecule has 9 heteroatoms. The van der Waals surface area contributed by atoms with Gasteiger partial charge in [0.25, 0.3) is 0 Å². The molecule has 2 unspecified atom stereocenters. The molecular formula is C21H23F3N4O2. The molecule has 0 aliphatic carbocycles. The van der Waals surface area contributed by atoms with Gasteiger partial charge in [0, 0.05) is 30.4 Å². The maximum absolute atomic E-state index is 13.7. The average molecular weight is 420 g/mol. The number of piperidine rings is 1. The average Bonchev–Trinajstić information content (AvgIpc) is 2.64. The molecule has 2 atom stereocenters. The van der Waals surface area contributed by atoms with E-state index in [1.54, 1.807) is 49.2 Å². The summed E-state index contributed by atoms with van der Waals surface area (Å²) in [4.78, 5) is 17.1. The fourth-order valence-electron chi connectivity index (χ4n) is 4.32. The van der Waals surface area contributed by atoms with Crippen molar-refractivity contribution in [1.82, 2.24) is 4.98 Å². The Hall–Kier alpha value is -3.02. The lowest BCUT2D eigenvalue weighted by molar-refractivity contribution is -0.180. The van der Waals surface area contributed by atoms with E-state index in [0.717, 1.165) is 0 Å². The summed E-state index contributed by atoms with van der Waals surface area (Å²) in [7, 11) is 0. The van der Waals surface area contributed by atoms with Crippen LogP contribution in [0, 0.1) is 23.2 Å². The molecule has 6 nitrogen and oxygen atoms in total. The number of halogens is 3. The van der Waals surface area contributed by atoms with E-state index in [0.29, 0.717) is 28.7 Å². The third kappa shape index (κ3) is 4.75. The zero-order valence-electron chi connectivity index (χ0n) is 16.7. The van der Waals surface area contributed by atoms with Crippen molar-refractivity contribution in [1.29, 1.82) is 5.26 Å². The zero-order chi connectivity index (χ0) is 22.1. The number of nitrogens with zero attached hydrogens (tertiary/aromatic N) is 3. The summed E-state index contributed by atoms with van der Waals surface area (Å²) in [5.41, 5.74) is 5.55. The molecule has 1 aromatic carbocycles. The quantitative estimate of drug-likeness (QED) is 0.793. The summed E-state index contributed by atoms with van der Waals surface area (Å²) in [6.07, 6.45) is -3.58. The molecule has 1 saturated heterocycles. The zero-order valence-corrected chi connectivity index (χ0v) is 16.7. The Kier molecular flexibility index (Phi) is 5.79. The van der Waals surface area contributed by atoms with Gasteiger partial charge in [-0.1, -0.05) is 0 Å². The van der Waals surface area contributed by atoms with Crippen molar-refractivity contribution in [3.63, 3.8) is 0 Å². The van der Waals surface area contributed by atoms with Crippen molar-refractivity contribution in [3.05, 3.63) is 36.0 Å². The molecule has 3 rings (SSSR count). The van der Waals surface area contributed by atoms with Crippen LogP contribution in [-0.2, 0) is 4.74 Å². The molecule has 2 heterocycles. The van der Waals surface area contributed by atoms with Crippen molar-refractivity contribution >= 4 is 22.7 Å². The Bertz CT molecular complexity index is 984. The maximum atomic E-state index is 13.7. The van der Waals surface area contributed by atoms with Gasteiger partial charge in [-0.25, -0.2) is 4.79 Å². The molecule has 0 bridgehead atoms. The van der Waals surface area contributed by atoms with Crippen LogP contribution in [0.3, 0.4) is 0 Å². The molecule has 0 spiro atoms. The number of nitriles is 1. The summed E-state index contributed by atoms with van der Waals surface area (Å²) in [5.74, 6) is -1.90. The number of nitrogens with two attached hydrogens (primary N) is 1. The van der Waals surface area contributed by atoms with Crippen molar-refractivity contribution in [2.45, 2.75) is 38.5 Å². The number of hydrogen-bond donors (Lipinski definition) is 1. The van der Waals surface area contributed by atoms with Crippen LogP contribution < -0.4 is 10.6 Å². The Morgan fingerprint density at radius 3 is 2.70 bits per heavy atom. The van der Waals surface area contributed by atoms with E-state index in [-0.39, 0.29) is 25.3 Å². The van der Waals surface area contributed by atoms with Crippen LogP contribution in [0.5, 0.6) is 0 Å². The van der Waals surface area contributed by atoms with Crippen molar-refractivity contribution in [2.24, 2.45) is 17.6 Å². The number of hydrogen-bond acceptors (Lipinski definition) is 5. The Labute approximate surface area is 172 Å². The number of amides is 1. The van der Waals surface area contributed by atoms with Crippen molar-refractivity contribution in [3.8, 4) is 6.07 Å². The normalized spacial score (nSPS) is 20.1. The second-order valence-corrected chi connectivity index (χ2v) is 8.27. The minimum atomic E-state index is -4.35. The first-order valence-corrected chi connectivity index (χ1v) is 9.58. The molecule has 1 fully saturated rings. The molecule has 0 radical (unpaired) electrons. The summed E-state index contributed by atoms with van der Waals surface area (Å²) in [6, 6.07) is 8.77. The summed E-state index contributed by atoms with van der Waals surface area (Å²) in [6.45, 7) is 3.45. The van der Waals surface area contributed by atoms with Gasteiger partial charge in [-0.15, -0.1) is 0 Å². The minimum absolute atomic E-state index is 0.0575. The lowest BCUT2D eigenvalue weighted by Gasteiger charge is -2.42.